The lowest BCUT2D eigenvalue weighted by atomic mass is 10.1. The lowest BCUT2D eigenvalue weighted by molar-refractivity contribution is -0.113. The Labute approximate surface area is 190 Å². The number of nitrogens with two attached hydrogens (primary N) is 1. The molecule has 3 N–H and O–H groups in total. The third kappa shape index (κ3) is 6.01. The molecule has 0 fully saturated rings. The number of carbonyl (C=O) groups excluding carboxylic acids is 2. The van der Waals surface area contributed by atoms with Crippen molar-refractivity contribution in [1.29, 1.82) is 0 Å². The van der Waals surface area contributed by atoms with Crippen LogP contribution < -0.4 is 15.9 Å². The largest absolute Gasteiger partial charge is 0.486 e. The third-order valence-electron chi connectivity index (χ3n) is 4.45. The van der Waals surface area contributed by atoms with Crippen LogP contribution in [0, 0.1) is 13.8 Å². The number of nitrogen functional groups attached to an aromatic ring is 1. The number of carbonyl (C=O) groups is 2. The van der Waals surface area contributed by atoms with Crippen molar-refractivity contribution >= 4 is 29.3 Å². The maximum atomic E-state index is 12.3. The summed E-state index contributed by atoms with van der Waals surface area (Å²) in [5.74, 6) is 7.02. The zero-order valence-electron chi connectivity index (χ0n) is 18.5. The van der Waals surface area contributed by atoms with Gasteiger partial charge in [-0.1, -0.05) is 17.8 Å². The first-order chi connectivity index (χ1) is 15.2. The molecule has 10 heteroatoms. The number of rotatable bonds is 8. The quantitative estimate of drug-likeness (QED) is 0.397. The van der Waals surface area contributed by atoms with Crippen LogP contribution in [0.3, 0.4) is 0 Å². The summed E-state index contributed by atoms with van der Waals surface area (Å²) in [6.07, 6.45) is 0. The highest BCUT2D eigenvalue weighted by Gasteiger charge is 2.14. The van der Waals surface area contributed by atoms with Crippen molar-refractivity contribution in [3.05, 3.63) is 65.0 Å². The molecule has 0 saturated carbocycles. The summed E-state index contributed by atoms with van der Waals surface area (Å²) in [4.78, 5) is 25.7. The fourth-order valence-electron chi connectivity index (χ4n) is 2.95. The number of benzene rings is 2. The van der Waals surface area contributed by atoms with Gasteiger partial charge in [0.25, 0.3) is 5.91 Å². The lowest BCUT2D eigenvalue weighted by Crippen LogP contribution is -2.21. The van der Waals surface area contributed by atoms with Crippen molar-refractivity contribution in [3.8, 4) is 5.75 Å². The molecule has 2 aromatic carbocycles. The highest BCUT2D eigenvalue weighted by atomic mass is 32.2. The Balaban J connectivity index is 1.52. The summed E-state index contributed by atoms with van der Waals surface area (Å²) in [5.41, 5.74) is 3.36. The minimum absolute atomic E-state index is 0.0990. The molecule has 1 aromatic heterocycles. The predicted molar refractivity (Wildman–Crippen MR) is 124 cm³/mol. The second-order valence-electron chi connectivity index (χ2n) is 7.49. The van der Waals surface area contributed by atoms with Crippen molar-refractivity contribution in [2.24, 2.45) is 0 Å². The lowest BCUT2D eigenvalue weighted by Gasteiger charge is -2.11. The standard InChI is InChI=1S/C22H26N6O3S/c1-14-9-15(2)11-18(10-14)31-12-19-25-26-22(28(19)23)32-13-20(29)24-17-7-5-16(6-8-17)21(30)27(3)4/h5-11H,12-13,23H2,1-4H3,(H,24,29). The first kappa shape index (κ1) is 23.1. The van der Waals surface area contributed by atoms with Crippen molar-refractivity contribution in [2.45, 2.75) is 25.6 Å². The number of hydrogen-bond donors (Lipinski definition) is 2. The Hall–Kier alpha value is -3.53. The highest BCUT2D eigenvalue weighted by Crippen LogP contribution is 2.19. The average Bonchev–Trinajstić information content (AvgIpc) is 3.09. The van der Waals surface area contributed by atoms with Gasteiger partial charge in [-0.05, 0) is 61.4 Å². The highest BCUT2D eigenvalue weighted by molar-refractivity contribution is 7.99. The second kappa shape index (κ2) is 10.2. The van der Waals surface area contributed by atoms with Gasteiger partial charge in [0, 0.05) is 25.3 Å². The minimum Gasteiger partial charge on any atom is -0.486 e. The zero-order chi connectivity index (χ0) is 23.3. The van der Waals surface area contributed by atoms with Gasteiger partial charge in [0.2, 0.25) is 11.1 Å². The molecule has 0 aliphatic rings. The molecule has 168 valence electrons. The Bertz CT molecular complexity index is 1090. The van der Waals surface area contributed by atoms with Gasteiger partial charge in [0.15, 0.2) is 5.82 Å². The molecule has 0 bridgehead atoms. The van der Waals surface area contributed by atoms with Crippen molar-refractivity contribution < 1.29 is 14.3 Å². The molecule has 0 unspecified atom stereocenters. The summed E-state index contributed by atoms with van der Waals surface area (Å²) in [6, 6.07) is 12.7. The van der Waals surface area contributed by atoms with Gasteiger partial charge in [0.1, 0.15) is 12.4 Å². The van der Waals surface area contributed by atoms with Gasteiger partial charge in [-0.2, -0.15) is 0 Å². The van der Waals surface area contributed by atoms with E-state index < -0.39 is 0 Å². The Morgan fingerprint density at radius 3 is 2.38 bits per heavy atom. The van der Waals surface area contributed by atoms with Crippen LogP contribution in [0.2, 0.25) is 0 Å². The maximum Gasteiger partial charge on any atom is 0.253 e. The molecule has 0 radical (unpaired) electrons. The van der Waals surface area contributed by atoms with E-state index in [2.05, 4.69) is 21.6 Å². The maximum absolute atomic E-state index is 12.3. The van der Waals surface area contributed by atoms with Crippen molar-refractivity contribution in [1.82, 2.24) is 19.8 Å². The van der Waals surface area contributed by atoms with Crippen LogP contribution in [0.1, 0.15) is 27.3 Å². The molecule has 0 saturated heterocycles. The van der Waals surface area contributed by atoms with E-state index in [1.165, 1.54) is 21.3 Å². The van der Waals surface area contributed by atoms with Crippen LogP contribution in [0.4, 0.5) is 5.69 Å². The predicted octanol–water partition coefficient (Wildman–Crippen LogP) is 2.62. The van der Waals surface area contributed by atoms with Crippen LogP contribution in [0.15, 0.2) is 47.6 Å². The first-order valence-electron chi connectivity index (χ1n) is 9.88. The molecule has 3 aromatic rings. The van der Waals surface area contributed by atoms with E-state index in [9.17, 15) is 9.59 Å². The number of aromatic nitrogens is 3. The van der Waals surface area contributed by atoms with E-state index in [-0.39, 0.29) is 24.2 Å². The van der Waals surface area contributed by atoms with Crippen LogP contribution in [-0.4, -0.2) is 51.4 Å². The molecule has 32 heavy (non-hydrogen) atoms. The summed E-state index contributed by atoms with van der Waals surface area (Å²) in [6.45, 7) is 4.17. The zero-order valence-corrected chi connectivity index (χ0v) is 19.3. The van der Waals surface area contributed by atoms with E-state index in [1.807, 2.05) is 26.0 Å². The molecular weight excluding hydrogens is 428 g/mol. The SMILES string of the molecule is Cc1cc(C)cc(OCc2nnc(SCC(=O)Nc3ccc(C(=O)N(C)C)cc3)n2N)c1. The monoisotopic (exact) mass is 454 g/mol. The number of nitrogens with one attached hydrogen (secondary N) is 1. The van der Waals surface area contributed by atoms with Crippen LogP contribution in [0.25, 0.3) is 0 Å². The summed E-state index contributed by atoms with van der Waals surface area (Å²) in [5, 5.41) is 11.3. The number of amides is 2. The van der Waals surface area contributed by atoms with Gasteiger partial charge in [-0.25, -0.2) is 4.68 Å². The van der Waals surface area contributed by atoms with Gasteiger partial charge in [0.05, 0.1) is 5.75 Å². The molecule has 0 aliphatic heterocycles. The number of thioether (sulfide) groups is 1. The van der Waals surface area contributed by atoms with Crippen LogP contribution in [0.5, 0.6) is 5.75 Å². The molecule has 0 atom stereocenters. The molecule has 3 rings (SSSR count). The van der Waals surface area contributed by atoms with Gasteiger partial charge < -0.3 is 20.8 Å². The Morgan fingerprint density at radius 2 is 1.75 bits per heavy atom. The van der Waals surface area contributed by atoms with Crippen molar-refractivity contribution in [3.63, 3.8) is 0 Å². The van der Waals surface area contributed by atoms with Crippen molar-refractivity contribution in [2.75, 3.05) is 31.0 Å². The first-order valence-corrected chi connectivity index (χ1v) is 10.9. The number of ether oxygens (including phenoxy) is 1. The Kier molecular flexibility index (Phi) is 7.37. The fraction of sp³-hybridized carbons (Fsp3) is 0.273. The molecule has 2 amide bonds. The topological polar surface area (TPSA) is 115 Å². The smallest absolute Gasteiger partial charge is 0.253 e. The van der Waals surface area contributed by atoms with E-state index in [0.717, 1.165) is 16.9 Å². The summed E-state index contributed by atoms with van der Waals surface area (Å²) >= 11 is 1.17. The number of anilines is 1. The second-order valence-corrected chi connectivity index (χ2v) is 8.44. The summed E-state index contributed by atoms with van der Waals surface area (Å²) in [7, 11) is 3.37. The average molecular weight is 455 g/mol. The molecule has 0 spiro atoms. The normalized spacial score (nSPS) is 10.6. The number of nitrogens with zero attached hydrogens (tertiary/aromatic N) is 4. The molecule has 1 heterocycles. The number of hydrogen-bond acceptors (Lipinski definition) is 7. The van der Waals surface area contributed by atoms with E-state index in [0.29, 0.717) is 22.2 Å². The van der Waals surface area contributed by atoms with E-state index in [4.69, 9.17) is 10.6 Å². The van der Waals surface area contributed by atoms with Crippen LogP contribution in [-0.2, 0) is 11.4 Å². The van der Waals surface area contributed by atoms with E-state index >= 15 is 0 Å². The van der Waals surface area contributed by atoms with E-state index in [1.54, 1.807) is 38.4 Å². The van der Waals surface area contributed by atoms with Gasteiger partial charge >= 0.3 is 0 Å². The minimum atomic E-state index is -0.224. The Morgan fingerprint density at radius 1 is 1.09 bits per heavy atom. The molecule has 0 aliphatic carbocycles. The molecular formula is C22H26N6O3S. The van der Waals surface area contributed by atoms with Crippen LogP contribution >= 0.6 is 11.8 Å². The molecule has 9 nitrogen and oxygen atoms in total. The van der Waals surface area contributed by atoms with Gasteiger partial charge in [-0.3, -0.25) is 9.59 Å². The van der Waals surface area contributed by atoms with Gasteiger partial charge in [-0.15, -0.1) is 10.2 Å². The summed E-state index contributed by atoms with van der Waals surface area (Å²) < 4.78 is 7.10. The third-order valence-corrected chi connectivity index (χ3v) is 5.40. The number of aryl methyl sites for hydroxylation is 2. The fourth-order valence-corrected chi connectivity index (χ4v) is 3.63.